The number of H-pyrrole nitrogens is 1. The Hall–Kier alpha value is -1.06. The average molecular weight is 282 g/mol. The minimum Gasteiger partial charge on any atom is -0.296 e. The molecule has 0 radical (unpaired) electrons. The van der Waals surface area contributed by atoms with Crippen molar-refractivity contribution < 1.29 is 4.52 Å². The van der Waals surface area contributed by atoms with Crippen LogP contribution in [0, 0.1) is 0 Å². The van der Waals surface area contributed by atoms with Gasteiger partial charge in [0.2, 0.25) is 0 Å². The highest BCUT2D eigenvalue weighted by Gasteiger charge is 1.99. The van der Waals surface area contributed by atoms with Gasteiger partial charge in [0.05, 0.1) is 0 Å². The first-order chi connectivity index (χ1) is 9.83. The van der Waals surface area contributed by atoms with Crippen molar-refractivity contribution in [1.29, 1.82) is 0 Å². The second-order valence-electron chi connectivity index (χ2n) is 5.68. The monoisotopic (exact) mass is 282 g/mol. The summed E-state index contributed by atoms with van der Waals surface area (Å²) >= 11 is 0. The van der Waals surface area contributed by atoms with Crippen LogP contribution in [0.5, 0.6) is 0 Å². The fourth-order valence-corrected chi connectivity index (χ4v) is 2.50. The summed E-state index contributed by atoms with van der Waals surface area (Å²) in [5, 5.41) is 3.66. The fourth-order valence-electron chi connectivity index (χ4n) is 2.50. The van der Waals surface area contributed by atoms with Crippen molar-refractivity contribution in [3.05, 3.63) is 16.4 Å². The van der Waals surface area contributed by atoms with Gasteiger partial charge in [-0.25, -0.2) is 4.79 Å². The van der Waals surface area contributed by atoms with Crippen molar-refractivity contribution in [2.45, 2.75) is 90.4 Å². The number of aromatic amines is 1. The van der Waals surface area contributed by atoms with E-state index in [2.05, 4.69) is 21.6 Å². The quantitative estimate of drug-likeness (QED) is 0.538. The Morgan fingerprint density at radius 2 is 1.35 bits per heavy atom. The van der Waals surface area contributed by atoms with Crippen LogP contribution in [-0.2, 0) is 6.42 Å². The van der Waals surface area contributed by atoms with Gasteiger partial charge in [0, 0.05) is 6.42 Å². The second-order valence-corrected chi connectivity index (χ2v) is 5.68. The van der Waals surface area contributed by atoms with Crippen molar-refractivity contribution in [1.82, 2.24) is 10.1 Å². The molecule has 0 atom stereocenters. The summed E-state index contributed by atoms with van der Waals surface area (Å²) in [6.45, 7) is 2.26. The lowest BCUT2D eigenvalue weighted by atomic mass is 10.0. The predicted molar refractivity (Wildman–Crippen MR) is 81.9 cm³/mol. The molecule has 0 bridgehead atoms. The average Bonchev–Trinajstić information content (AvgIpc) is 2.86. The van der Waals surface area contributed by atoms with E-state index in [-0.39, 0.29) is 0 Å². The van der Waals surface area contributed by atoms with Crippen LogP contribution in [0.25, 0.3) is 0 Å². The molecule has 1 N–H and O–H groups in total. The lowest BCUT2D eigenvalue weighted by Crippen LogP contribution is -1.97. The second kappa shape index (κ2) is 11.7. The van der Waals surface area contributed by atoms with Crippen molar-refractivity contribution in [3.8, 4) is 0 Å². The molecule has 0 spiro atoms. The molecule has 0 aliphatic heterocycles. The summed E-state index contributed by atoms with van der Waals surface area (Å²) < 4.78 is 4.46. The predicted octanol–water partition coefficient (Wildman–Crippen LogP) is 4.61. The fraction of sp³-hybridized carbons (Fsp3) is 0.875. The number of hydrogen-bond donors (Lipinski definition) is 1. The lowest BCUT2D eigenvalue weighted by Gasteiger charge is -2.02. The first-order valence-electron chi connectivity index (χ1n) is 8.38. The van der Waals surface area contributed by atoms with E-state index in [1.54, 1.807) is 0 Å². The molecule has 0 unspecified atom stereocenters. The zero-order chi connectivity index (χ0) is 14.5. The number of nitrogens with one attached hydrogen (secondary N) is 1. The molecule has 4 nitrogen and oxygen atoms in total. The first-order valence-corrected chi connectivity index (χ1v) is 8.38. The maximum Gasteiger partial charge on any atom is 0.438 e. The van der Waals surface area contributed by atoms with Crippen LogP contribution in [-0.4, -0.2) is 10.1 Å². The normalized spacial score (nSPS) is 11.1. The van der Waals surface area contributed by atoms with Gasteiger partial charge in [0.1, 0.15) is 0 Å². The van der Waals surface area contributed by atoms with Crippen molar-refractivity contribution in [2.24, 2.45) is 0 Å². The van der Waals surface area contributed by atoms with E-state index in [0.717, 1.165) is 12.8 Å². The zero-order valence-electron chi connectivity index (χ0n) is 13.0. The number of hydrogen-bond acceptors (Lipinski definition) is 3. The van der Waals surface area contributed by atoms with Gasteiger partial charge < -0.3 is 0 Å². The standard InChI is InChI=1S/C16H30N2O2/c1-2-3-4-5-6-7-8-9-10-11-12-13-14-15-17-16(19)20-18-15/h2-14H2,1H3,(H,17,18,19). The summed E-state index contributed by atoms with van der Waals surface area (Å²) in [5.41, 5.74) is 0. The number of aryl methyl sites for hydroxylation is 1. The highest BCUT2D eigenvalue weighted by Crippen LogP contribution is 2.12. The van der Waals surface area contributed by atoms with Gasteiger partial charge >= 0.3 is 5.76 Å². The molecule has 0 aliphatic rings. The minimum atomic E-state index is -0.445. The van der Waals surface area contributed by atoms with Crippen LogP contribution in [0.15, 0.2) is 9.32 Å². The van der Waals surface area contributed by atoms with E-state index in [4.69, 9.17) is 0 Å². The van der Waals surface area contributed by atoms with E-state index in [0.29, 0.717) is 5.82 Å². The Bertz CT molecular complexity index is 371. The van der Waals surface area contributed by atoms with Gasteiger partial charge in [-0.3, -0.25) is 9.51 Å². The molecule has 20 heavy (non-hydrogen) atoms. The Labute approximate surface area is 122 Å². The maximum absolute atomic E-state index is 10.7. The minimum absolute atomic E-state index is 0.445. The molecule has 1 aromatic rings. The number of rotatable bonds is 13. The smallest absolute Gasteiger partial charge is 0.296 e. The van der Waals surface area contributed by atoms with E-state index in [9.17, 15) is 4.79 Å². The number of nitrogens with zero attached hydrogens (tertiary/aromatic N) is 1. The van der Waals surface area contributed by atoms with Crippen LogP contribution in [0.2, 0.25) is 0 Å². The number of aromatic nitrogens is 2. The molecule has 0 fully saturated rings. The Morgan fingerprint density at radius 1 is 0.850 bits per heavy atom. The third-order valence-electron chi connectivity index (χ3n) is 3.75. The summed E-state index contributed by atoms with van der Waals surface area (Å²) in [6, 6.07) is 0. The van der Waals surface area contributed by atoms with Gasteiger partial charge in [-0.05, 0) is 6.42 Å². The lowest BCUT2D eigenvalue weighted by molar-refractivity contribution is 0.380. The van der Waals surface area contributed by atoms with E-state index in [1.165, 1.54) is 70.6 Å². The van der Waals surface area contributed by atoms with Crippen LogP contribution in [0.4, 0.5) is 0 Å². The van der Waals surface area contributed by atoms with E-state index < -0.39 is 5.76 Å². The molecule has 1 aromatic heterocycles. The van der Waals surface area contributed by atoms with Crippen LogP contribution in [0.3, 0.4) is 0 Å². The van der Waals surface area contributed by atoms with E-state index in [1.807, 2.05) is 0 Å². The van der Waals surface area contributed by atoms with Crippen molar-refractivity contribution >= 4 is 0 Å². The molecule has 0 aliphatic carbocycles. The Kier molecular flexibility index (Phi) is 9.98. The zero-order valence-corrected chi connectivity index (χ0v) is 13.0. The molecule has 0 saturated carbocycles. The maximum atomic E-state index is 10.7. The molecule has 116 valence electrons. The van der Waals surface area contributed by atoms with E-state index >= 15 is 0 Å². The topological polar surface area (TPSA) is 58.9 Å². The van der Waals surface area contributed by atoms with Gasteiger partial charge in [-0.1, -0.05) is 82.7 Å². The van der Waals surface area contributed by atoms with Crippen LogP contribution >= 0.6 is 0 Å². The summed E-state index contributed by atoms with van der Waals surface area (Å²) in [5.74, 6) is 0.237. The van der Waals surface area contributed by atoms with Gasteiger partial charge in [-0.2, -0.15) is 0 Å². The van der Waals surface area contributed by atoms with Crippen LogP contribution in [0.1, 0.15) is 89.8 Å². The highest BCUT2D eigenvalue weighted by atomic mass is 16.5. The number of unbranched alkanes of at least 4 members (excludes halogenated alkanes) is 11. The molecule has 0 amide bonds. The summed E-state index contributed by atoms with van der Waals surface area (Å²) in [4.78, 5) is 13.3. The highest BCUT2D eigenvalue weighted by molar-refractivity contribution is 4.77. The molecule has 4 heteroatoms. The molecule has 0 aromatic carbocycles. The van der Waals surface area contributed by atoms with Gasteiger partial charge in [0.25, 0.3) is 0 Å². The molecular formula is C16H30N2O2. The van der Waals surface area contributed by atoms with Crippen molar-refractivity contribution in [2.75, 3.05) is 0 Å². The Morgan fingerprint density at radius 3 is 1.80 bits per heavy atom. The largest absolute Gasteiger partial charge is 0.438 e. The molecule has 1 heterocycles. The summed E-state index contributed by atoms with van der Waals surface area (Å²) in [6.07, 6.45) is 16.9. The third kappa shape index (κ3) is 8.94. The van der Waals surface area contributed by atoms with Gasteiger partial charge in [-0.15, -0.1) is 0 Å². The molecule has 1 rings (SSSR count). The first kappa shape index (κ1) is 17.0. The van der Waals surface area contributed by atoms with Crippen LogP contribution < -0.4 is 5.76 Å². The Balaban J connectivity index is 1.77. The third-order valence-corrected chi connectivity index (χ3v) is 3.75. The SMILES string of the molecule is CCCCCCCCCCCCCCc1noc(=O)[nH]1. The molecular weight excluding hydrogens is 252 g/mol. The molecule has 0 saturated heterocycles. The van der Waals surface area contributed by atoms with Crippen molar-refractivity contribution in [3.63, 3.8) is 0 Å². The summed E-state index contributed by atoms with van der Waals surface area (Å²) in [7, 11) is 0. The van der Waals surface area contributed by atoms with Gasteiger partial charge in [0.15, 0.2) is 5.82 Å².